The highest BCUT2D eigenvalue weighted by atomic mass is 35.5. The third-order valence-electron chi connectivity index (χ3n) is 4.60. The fourth-order valence-electron chi connectivity index (χ4n) is 2.87. The van der Waals surface area contributed by atoms with Crippen LogP contribution < -0.4 is 0 Å². The Balaban J connectivity index is 1.78. The van der Waals surface area contributed by atoms with Gasteiger partial charge in [0, 0.05) is 25.2 Å². The van der Waals surface area contributed by atoms with Gasteiger partial charge < -0.3 is 0 Å². The molecule has 0 unspecified atom stereocenters. The van der Waals surface area contributed by atoms with Crippen LogP contribution in [0.4, 0.5) is 0 Å². The van der Waals surface area contributed by atoms with Gasteiger partial charge in [0.25, 0.3) is 0 Å². The summed E-state index contributed by atoms with van der Waals surface area (Å²) in [6, 6.07) is 15.7. The molecule has 0 aliphatic heterocycles. The minimum Gasteiger partial charge on any atom is -0.289 e. The predicted octanol–water partition coefficient (Wildman–Crippen LogP) is 4.04. The average molecular weight is 444 g/mol. The summed E-state index contributed by atoms with van der Waals surface area (Å²) in [5.74, 6) is -0.255. The molecule has 3 rings (SSSR count). The van der Waals surface area contributed by atoms with Crippen LogP contribution in [0.5, 0.6) is 0 Å². The van der Waals surface area contributed by atoms with Crippen LogP contribution in [0.3, 0.4) is 0 Å². The minimum absolute atomic E-state index is 0.133. The fraction of sp³-hybridized carbons (Fsp3) is 0.182. The standard InChI is InChI=1S/C22H22ClN3O3S/c1-16-20(22(23)26(24-16)15-17-7-5-4-6-8-17)13-14-21(27)18-9-11-19(12-10-18)30(28,29)25(2)3/h4-14H,15H2,1-3H3/b14-13+. The topological polar surface area (TPSA) is 72.3 Å². The minimum atomic E-state index is -3.53. The van der Waals surface area contributed by atoms with Crippen LogP contribution in [0.15, 0.2) is 65.6 Å². The lowest BCUT2D eigenvalue weighted by Gasteiger charge is -2.11. The zero-order valence-corrected chi connectivity index (χ0v) is 18.5. The Morgan fingerprint density at radius 1 is 1.10 bits per heavy atom. The molecule has 0 amide bonds. The summed E-state index contributed by atoms with van der Waals surface area (Å²) >= 11 is 6.48. The van der Waals surface area contributed by atoms with E-state index in [0.29, 0.717) is 28.5 Å². The molecule has 0 saturated heterocycles. The van der Waals surface area contributed by atoms with Crippen LogP contribution in [0.2, 0.25) is 5.15 Å². The third kappa shape index (κ3) is 4.70. The molecule has 1 aromatic heterocycles. The Hall–Kier alpha value is -2.74. The maximum atomic E-state index is 12.5. The summed E-state index contributed by atoms with van der Waals surface area (Å²) in [5, 5.41) is 4.91. The van der Waals surface area contributed by atoms with Crippen molar-refractivity contribution in [2.24, 2.45) is 0 Å². The van der Waals surface area contributed by atoms with E-state index in [0.717, 1.165) is 9.87 Å². The Kier molecular flexibility index (Phi) is 6.55. The van der Waals surface area contributed by atoms with Gasteiger partial charge in [-0.1, -0.05) is 41.9 Å². The zero-order valence-electron chi connectivity index (χ0n) is 16.9. The van der Waals surface area contributed by atoms with E-state index in [1.165, 1.54) is 44.4 Å². The second-order valence-corrected chi connectivity index (χ2v) is 9.45. The van der Waals surface area contributed by atoms with Crippen molar-refractivity contribution >= 4 is 33.5 Å². The van der Waals surface area contributed by atoms with Gasteiger partial charge in [-0.3, -0.25) is 4.79 Å². The van der Waals surface area contributed by atoms with E-state index in [2.05, 4.69) is 5.10 Å². The molecule has 0 fully saturated rings. The first kappa shape index (κ1) is 22.0. The molecule has 3 aromatic rings. The van der Waals surface area contributed by atoms with Gasteiger partial charge in [0.15, 0.2) is 5.78 Å². The van der Waals surface area contributed by atoms with Crippen molar-refractivity contribution in [1.82, 2.24) is 14.1 Å². The van der Waals surface area contributed by atoms with Crippen molar-refractivity contribution in [3.63, 3.8) is 0 Å². The molecule has 1 heterocycles. The summed E-state index contributed by atoms with van der Waals surface area (Å²) < 4.78 is 27.1. The SMILES string of the molecule is Cc1nn(Cc2ccccc2)c(Cl)c1/C=C/C(=O)c1ccc(S(=O)(=O)N(C)C)cc1. The zero-order chi connectivity index (χ0) is 21.9. The molecule has 0 radical (unpaired) electrons. The Morgan fingerprint density at radius 3 is 2.33 bits per heavy atom. The molecule has 2 aromatic carbocycles. The second-order valence-electron chi connectivity index (χ2n) is 6.94. The normalized spacial score (nSPS) is 12.0. The highest BCUT2D eigenvalue weighted by Gasteiger charge is 2.17. The van der Waals surface area contributed by atoms with Gasteiger partial charge in [0.1, 0.15) is 5.15 Å². The van der Waals surface area contributed by atoms with Crippen LogP contribution in [-0.4, -0.2) is 42.4 Å². The summed E-state index contributed by atoms with van der Waals surface area (Å²) in [6.45, 7) is 2.36. The number of benzene rings is 2. The van der Waals surface area contributed by atoms with Gasteiger partial charge in [-0.25, -0.2) is 17.4 Å². The predicted molar refractivity (Wildman–Crippen MR) is 118 cm³/mol. The van der Waals surface area contributed by atoms with E-state index in [-0.39, 0.29) is 10.7 Å². The lowest BCUT2D eigenvalue weighted by atomic mass is 10.1. The van der Waals surface area contributed by atoms with Crippen molar-refractivity contribution < 1.29 is 13.2 Å². The van der Waals surface area contributed by atoms with E-state index in [1.54, 1.807) is 10.8 Å². The van der Waals surface area contributed by atoms with Gasteiger partial charge in [-0.05, 0) is 48.9 Å². The second kappa shape index (κ2) is 8.95. The molecular weight excluding hydrogens is 422 g/mol. The molecular formula is C22H22ClN3O3S. The first-order chi connectivity index (χ1) is 14.2. The van der Waals surface area contributed by atoms with E-state index in [9.17, 15) is 13.2 Å². The number of carbonyl (C=O) groups is 1. The van der Waals surface area contributed by atoms with E-state index >= 15 is 0 Å². The van der Waals surface area contributed by atoms with Gasteiger partial charge in [-0.15, -0.1) is 0 Å². The highest BCUT2D eigenvalue weighted by Crippen LogP contribution is 2.23. The summed E-state index contributed by atoms with van der Waals surface area (Å²) in [7, 11) is -0.614. The van der Waals surface area contributed by atoms with Crippen LogP contribution >= 0.6 is 11.6 Å². The average Bonchev–Trinajstić information content (AvgIpc) is 2.99. The Morgan fingerprint density at radius 2 is 1.73 bits per heavy atom. The van der Waals surface area contributed by atoms with E-state index in [1.807, 2.05) is 37.3 Å². The number of allylic oxidation sites excluding steroid dienone is 1. The molecule has 0 bridgehead atoms. The molecule has 0 spiro atoms. The lowest BCUT2D eigenvalue weighted by molar-refractivity contribution is 0.104. The number of halogens is 1. The number of ketones is 1. The number of aryl methyl sites for hydroxylation is 1. The molecule has 0 aliphatic carbocycles. The Labute approximate surface area is 181 Å². The number of rotatable bonds is 7. The number of hydrogen-bond donors (Lipinski definition) is 0. The van der Waals surface area contributed by atoms with Gasteiger partial charge in [-0.2, -0.15) is 5.10 Å². The van der Waals surface area contributed by atoms with Crippen molar-refractivity contribution in [2.45, 2.75) is 18.4 Å². The van der Waals surface area contributed by atoms with Crippen molar-refractivity contribution in [1.29, 1.82) is 0 Å². The summed E-state index contributed by atoms with van der Waals surface area (Å²) in [6.07, 6.45) is 3.05. The third-order valence-corrected chi connectivity index (χ3v) is 6.83. The van der Waals surface area contributed by atoms with Gasteiger partial charge in [0.2, 0.25) is 10.0 Å². The largest absolute Gasteiger partial charge is 0.289 e. The smallest absolute Gasteiger partial charge is 0.242 e. The van der Waals surface area contributed by atoms with E-state index in [4.69, 9.17) is 11.6 Å². The maximum absolute atomic E-state index is 12.5. The quantitative estimate of drug-likeness (QED) is 0.408. The highest BCUT2D eigenvalue weighted by molar-refractivity contribution is 7.89. The first-order valence-electron chi connectivity index (χ1n) is 9.22. The molecule has 0 N–H and O–H groups in total. The number of aromatic nitrogens is 2. The van der Waals surface area contributed by atoms with Gasteiger partial charge in [0.05, 0.1) is 17.1 Å². The molecule has 30 heavy (non-hydrogen) atoms. The van der Waals surface area contributed by atoms with Crippen LogP contribution in [0, 0.1) is 6.92 Å². The first-order valence-corrected chi connectivity index (χ1v) is 11.0. The number of nitrogens with zero attached hydrogens (tertiary/aromatic N) is 3. The van der Waals surface area contributed by atoms with Gasteiger partial charge >= 0.3 is 0 Å². The summed E-state index contributed by atoms with van der Waals surface area (Å²) in [4.78, 5) is 12.6. The van der Waals surface area contributed by atoms with E-state index < -0.39 is 10.0 Å². The lowest BCUT2D eigenvalue weighted by Crippen LogP contribution is -2.22. The molecule has 8 heteroatoms. The monoisotopic (exact) mass is 443 g/mol. The Bertz CT molecular complexity index is 1180. The molecule has 156 valence electrons. The van der Waals surface area contributed by atoms with Crippen molar-refractivity contribution in [3.05, 3.63) is 88.2 Å². The van der Waals surface area contributed by atoms with Crippen molar-refractivity contribution in [2.75, 3.05) is 14.1 Å². The maximum Gasteiger partial charge on any atom is 0.242 e. The molecule has 0 aliphatic rings. The summed E-state index contributed by atoms with van der Waals surface area (Å²) in [5.41, 5.74) is 2.84. The molecule has 6 nitrogen and oxygen atoms in total. The molecule has 0 saturated carbocycles. The number of sulfonamides is 1. The number of carbonyl (C=O) groups excluding carboxylic acids is 1. The fourth-order valence-corrected chi connectivity index (χ4v) is 4.07. The number of hydrogen-bond acceptors (Lipinski definition) is 4. The van der Waals surface area contributed by atoms with Crippen LogP contribution in [-0.2, 0) is 16.6 Å². The van der Waals surface area contributed by atoms with Crippen molar-refractivity contribution in [3.8, 4) is 0 Å². The van der Waals surface area contributed by atoms with Crippen LogP contribution in [0.25, 0.3) is 6.08 Å². The van der Waals surface area contributed by atoms with Crippen LogP contribution in [0.1, 0.15) is 27.2 Å². The molecule has 0 atom stereocenters.